The van der Waals surface area contributed by atoms with E-state index in [0.717, 1.165) is 30.3 Å². The first-order chi connectivity index (χ1) is 14.7. The van der Waals surface area contributed by atoms with Crippen molar-refractivity contribution in [2.75, 3.05) is 5.32 Å². The molecule has 3 aromatic carbocycles. The van der Waals surface area contributed by atoms with Gasteiger partial charge in [0.2, 0.25) is 6.10 Å². The van der Waals surface area contributed by atoms with Gasteiger partial charge in [-0.1, -0.05) is 42.5 Å². The number of rotatable bonds is 5. The summed E-state index contributed by atoms with van der Waals surface area (Å²) < 4.78 is 71.6. The summed E-state index contributed by atoms with van der Waals surface area (Å²) in [5.74, 6) is -4.82. The Labute approximate surface area is 173 Å². The predicted molar refractivity (Wildman–Crippen MR) is 101 cm³/mol. The van der Waals surface area contributed by atoms with Crippen molar-refractivity contribution in [3.63, 3.8) is 0 Å². The maximum absolute atomic E-state index is 13.9. The van der Waals surface area contributed by atoms with E-state index in [4.69, 9.17) is 4.74 Å². The highest BCUT2D eigenvalue weighted by Crippen LogP contribution is 2.31. The Balaban J connectivity index is 1.90. The molecule has 0 unspecified atom stereocenters. The molecule has 0 aliphatic rings. The Morgan fingerprint density at radius 3 is 2.06 bits per heavy atom. The molecular formula is C22H14F5NO3. The lowest BCUT2D eigenvalue weighted by molar-refractivity contribution is -0.137. The van der Waals surface area contributed by atoms with Crippen molar-refractivity contribution < 1.29 is 36.3 Å². The lowest BCUT2D eigenvalue weighted by atomic mass is 10.1. The Bertz CT molecular complexity index is 1080. The van der Waals surface area contributed by atoms with Crippen LogP contribution in [0.2, 0.25) is 0 Å². The van der Waals surface area contributed by atoms with Gasteiger partial charge in [0.1, 0.15) is 17.2 Å². The molecule has 31 heavy (non-hydrogen) atoms. The van der Waals surface area contributed by atoms with Gasteiger partial charge < -0.3 is 10.1 Å². The molecule has 0 saturated heterocycles. The summed E-state index contributed by atoms with van der Waals surface area (Å²) in [6.45, 7) is 0. The maximum atomic E-state index is 13.9. The molecule has 0 saturated carbocycles. The van der Waals surface area contributed by atoms with E-state index >= 15 is 0 Å². The SMILES string of the molecule is O=C(O[C@@H](C(=O)Nc1cccc(C(F)(F)F)c1)c1ccccc1)c1c(F)cccc1F. The van der Waals surface area contributed by atoms with Gasteiger partial charge in [-0.15, -0.1) is 0 Å². The largest absolute Gasteiger partial charge is 0.444 e. The third kappa shape index (κ3) is 5.25. The topological polar surface area (TPSA) is 55.4 Å². The molecule has 0 aliphatic heterocycles. The second-order valence-electron chi connectivity index (χ2n) is 6.36. The first-order valence-corrected chi connectivity index (χ1v) is 8.85. The van der Waals surface area contributed by atoms with E-state index in [0.29, 0.717) is 6.07 Å². The van der Waals surface area contributed by atoms with Crippen molar-refractivity contribution in [3.8, 4) is 0 Å². The molecule has 1 atom stereocenters. The molecule has 3 rings (SSSR count). The number of carbonyl (C=O) groups excluding carboxylic acids is 2. The summed E-state index contributed by atoms with van der Waals surface area (Å²) in [5.41, 5.74) is -2.03. The van der Waals surface area contributed by atoms with Crippen LogP contribution < -0.4 is 5.32 Å². The second kappa shape index (κ2) is 8.95. The van der Waals surface area contributed by atoms with E-state index in [1.165, 1.54) is 30.3 Å². The lowest BCUT2D eigenvalue weighted by Crippen LogP contribution is -2.26. The van der Waals surface area contributed by atoms with Crippen molar-refractivity contribution in [3.05, 3.63) is 101 Å². The third-order valence-electron chi connectivity index (χ3n) is 4.19. The molecule has 0 radical (unpaired) electrons. The Hall–Kier alpha value is -3.75. The van der Waals surface area contributed by atoms with Gasteiger partial charge in [-0.05, 0) is 30.3 Å². The summed E-state index contributed by atoms with van der Waals surface area (Å²) in [6.07, 6.45) is -6.31. The van der Waals surface area contributed by atoms with Crippen molar-refractivity contribution in [2.24, 2.45) is 0 Å². The zero-order chi connectivity index (χ0) is 22.6. The standard InChI is InChI=1S/C22H14F5NO3/c23-16-10-5-11-17(24)18(16)21(30)31-19(13-6-2-1-3-7-13)20(29)28-15-9-4-8-14(12-15)22(25,26)27/h1-12,19H,(H,28,29)/t19-/m1/s1. The molecule has 0 aromatic heterocycles. The number of hydrogen-bond donors (Lipinski definition) is 1. The van der Waals surface area contributed by atoms with E-state index in [1.54, 1.807) is 6.07 Å². The first-order valence-electron chi connectivity index (χ1n) is 8.85. The number of amides is 1. The highest BCUT2D eigenvalue weighted by molar-refractivity contribution is 5.98. The van der Waals surface area contributed by atoms with Gasteiger partial charge in [0.15, 0.2) is 0 Å². The van der Waals surface area contributed by atoms with Gasteiger partial charge in [-0.2, -0.15) is 13.2 Å². The second-order valence-corrected chi connectivity index (χ2v) is 6.36. The van der Waals surface area contributed by atoms with E-state index in [2.05, 4.69) is 5.32 Å². The summed E-state index contributed by atoms with van der Waals surface area (Å²) >= 11 is 0. The zero-order valence-electron chi connectivity index (χ0n) is 15.6. The van der Waals surface area contributed by atoms with E-state index in [1.807, 2.05) is 0 Å². The summed E-state index contributed by atoms with van der Waals surface area (Å²) in [6, 6.07) is 14.1. The van der Waals surface area contributed by atoms with Crippen LogP contribution in [0.5, 0.6) is 0 Å². The Morgan fingerprint density at radius 2 is 1.45 bits per heavy atom. The lowest BCUT2D eigenvalue weighted by Gasteiger charge is -2.19. The molecule has 3 aromatic rings. The molecule has 1 amide bonds. The fraction of sp³-hybridized carbons (Fsp3) is 0.0909. The quantitative estimate of drug-likeness (QED) is 0.424. The zero-order valence-corrected chi connectivity index (χ0v) is 15.6. The van der Waals surface area contributed by atoms with Gasteiger partial charge in [-0.3, -0.25) is 4.79 Å². The molecule has 0 heterocycles. The first kappa shape index (κ1) is 21.9. The molecular weight excluding hydrogens is 421 g/mol. The summed E-state index contributed by atoms with van der Waals surface area (Å²) in [4.78, 5) is 25.1. The Morgan fingerprint density at radius 1 is 0.839 bits per heavy atom. The number of halogens is 5. The minimum absolute atomic E-state index is 0.150. The summed E-state index contributed by atoms with van der Waals surface area (Å²) in [5, 5.41) is 2.24. The van der Waals surface area contributed by atoms with Crippen molar-refractivity contribution in [2.45, 2.75) is 12.3 Å². The third-order valence-corrected chi connectivity index (χ3v) is 4.19. The van der Waals surface area contributed by atoms with E-state index in [9.17, 15) is 31.5 Å². The smallest absolute Gasteiger partial charge is 0.416 e. The van der Waals surface area contributed by atoms with Gasteiger partial charge in [-0.25, -0.2) is 13.6 Å². The number of carbonyl (C=O) groups is 2. The van der Waals surface area contributed by atoms with Crippen LogP contribution in [0.25, 0.3) is 0 Å². The van der Waals surface area contributed by atoms with Crippen molar-refractivity contribution >= 4 is 17.6 Å². The maximum Gasteiger partial charge on any atom is 0.416 e. The van der Waals surface area contributed by atoms with E-state index < -0.39 is 46.9 Å². The number of alkyl halides is 3. The van der Waals surface area contributed by atoms with Gasteiger partial charge in [0, 0.05) is 11.3 Å². The van der Waals surface area contributed by atoms with E-state index in [-0.39, 0.29) is 11.3 Å². The average Bonchev–Trinajstić information content (AvgIpc) is 2.72. The number of anilines is 1. The Kier molecular flexibility index (Phi) is 6.33. The molecule has 0 aliphatic carbocycles. The van der Waals surface area contributed by atoms with Crippen LogP contribution in [0.1, 0.15) is 27.6 Å². The van der Waals surface area contributed by atoms with Gasteiger partial charge >= 0.3 is 12.1 Å². The molecule has 0 fully saturated rings. The minimum Gasteiger partial charge on any atom is -0.444 e. The molecule has 9 heteroatoms. The van der Waals surface area contributed by atoms with Crippen LogP contribution in [0, 0.1) is 11.6 Å². The van der Waals surface area contributed by atoms with Crippen molar-refractivity contribution in [1.82, 2.24) is 0 Å². The van der Waals surface area contributed by atoms with Crippen LogP contribution >= 0.6 is 0 Å². The fourth-order valence-electron chi connectivity index (χ4n) is 2.74. The number of esters is 1. The van der Waals surface area contributed by atoms with Crippen LogP contribution in [0.4, 0.5) is 27.6 Å². The molecule has 1 N–H and O–H groups in total. The van der Waals surface area contributed by atoms with Crippen LogP contribution in [-0.2, 0) is 15.7 Å². The van der Waals surface area contributed by atoms with Gasteiger partial charge in [0.05, 0.1) is 5.56 Å². The highest BCUT2D eigenvalue weighted by atomic mass is 19.4. The summed E-state index contributed by atoms with van der Waals surface area (Å²) in [7, 11) is 0. The van der Waals surface area contributed by atoms with Gasteiger partial charge in [0.25, 0.3) is 5.91 Å². The fourth-order valence-corrected chi connectivity index (χ4v) is 2.74. The highest BCUT2D eigenvalue weighted by Gasteiger charge is 2.32. The molecule has 4 nitrogen and oxygen atoms in total. The van der Waals surface area contributed by atoms with Crippen LogP contribution in [0.15, 0.2) is 72.8 Å². The number of benzene rings is 3. The van der Waals surface area contributed by atoms with Crippen LogP contribution in [-0.4, -0.2) is 11.9 Å². The monoisotopic (exact) mass is 435 g/mol. The normalized spacial score (nSPS) is 12.2. The molecule has 0 bridgehead atoms. The number of nitrogens with one attached hydrogen (secondary N) is 1. The predicted octanol–water partition coefficient (Wildman–Crippen LogP) is 5.52. The number of hydrogen-bond acceptors (Lipinski definition) is 3. The molecule has 160 valence electrons. The average molecular weight is 435 g/mol. The van der Waals surface area contributed by atoms with Crippen molar-refractivity contribution in [1.29, 1.82) is 0 Å². The van der Waals surface area contributed by atoms with Crippen LogP contribution in [0.3, 0.4) is 0 Å². The number of ether oxygens (including phenoxy) is 1. The molecule has 0 spiro atoms. The minimum atomic E-state index is -4.63.